The molecule has 0 amide bonds. The molecule has 2 aromatic carbocycles. The summed E-state index contributed by atoms with van der Waals surface area (Å²) >= 11 is 3.53. The molecule has 0 aliphatic rings. The molecule has 25 heavy (non-hydrogen) atoms. The molecule has 0 heterocycles. The maximum absolute atomic E-state index is 5.69. The summed E-state index contributed by atoms with van der Waals surface area (Å²) in [6, 6.07) is 19.5. The van der Waals surface area contributed by atoms with Gasteiger partial charge in [-0.2, -0.15) is 12.6 Å². The van der Waals surface area contributed by atoms with Crippen molar-refractivity contribution in [3.63, 3.8) is 0 Å². The molecule has 1 unspecified atom stereocenters. The van der Waals surface area contributed by atoms with E-state index >= 15 is 0 Å². The van der Waals surface area contributed by atoms with Crippen molar-refractivity contribution in [3.8, 4) is 0 Å². The van der Waals surface area contributed by atoms with Crippen molar-refractivity contribution in [3.05, 3.63) is 95.6 Å². The smallest absolute Gasteiger partial charge is 0.0134 e. The first-order valence-electron chi connectivity index (χ1n) is 8.61. The highest BCUT2D eigenvalue weighted by Gasteiger charge is 2.12. The Morgan fingerprint density at radius 1 is 1.04 bits per heavy atom. The maximum Gasteiger partial charge on any atom is 0.0134 e. The second-order valence-electron chi connectivity index (χ2n) is 5.77. The molecule has 2 aromatic rings. The van der Waals surface area contributed by atoms with Crippen LogP contribution in [0.1, 0.15) is 42.9 Å². The molecule has 2 N–H and O–H groups in total. The van der Waals surface area contributed by atoms with Crippen LogP contribution in [0.15, 0.2) is 78.9 Å². The van der Waals surface area contributed by atoms with E-state index in [0.717, 1.165) is 6.42 Å². The number of thiol groups is 1. The molecule has 1 atom stereocenters. The van der Waals surface area contributed by atoms with Crippen LogP contribution < -0.4 is 5.73 Å². The lowest BCUT2D eigenvalue weighted by Gasteiger charge is -2.17. The second-order valence-corrected chi connectivity index (χ2v) is 5.77. The van der Waals surface area contributed by atoms with Gasteiger partial charge in [-0.25, -0.2) is 0 Å². The normalized spacial score (nSPS) is 11.4. The van der Waals surface area contributed by atoms with Gasteiger partial charge in [0.25, 0.3) is 0 Å². The highest BCUT2D eigenvalue weighted by atomic mass is 32.1. The van der Waals surface area contributed by atoms with Crippen LogP contribution in [-0.2, 0) is 0 Å². The third-order valence-corrected chi connectivity index (χ3v) is 3.71. The first-order chi connectivity index (χ1) is 12.1. The molecular formula is C23H33NS. The largest absolute Gasteiger partial charge is 0.327 e. The van der Waals surface area contributed by atoms with Crippen LogP contribution in [0.25, 0.3) is 0 Å². The average molecular weight is 356 g/mol. The van der Waals surface area contributed by atoms with Gasteiger partial charge in [0, 0.05) is 12.5 Å². The Kier molecular flexibility index (Phi) is 13.5. The molecular weight excluding hydrogens is 322 g/mol. The number of rotatable bonds is 5. The van der Waals surface area contributed by atoms with E-state index in [1.54, 1.807) is 12.3 Å². The molecule has 0 bridgehead atoms. The van der Waals surface area contributed by atoms with Crippen LogP contribution in [0.4, 0.5) is 0 Å². The quantitative estimate of drug-likeness (QED) is 0.487. The van der Waals surface area contributed by atoms with E-state index in [1.165, 1.54) is 22.3 Å². The van der Waals surface area contributed by atoms with E-state index in [0.29, 0.717) is 12.5 Å². The predicted octanol–water partition coefficient (Wildman–Crippen LogP) is 6.16. The minimum absolute atomic E-state index is 0.401. The summed E-state index contributed by atoms with van der Waals surface area (Å²) in [4.78, 5) is 0. The minimum Gasteiger partial charge on any atom is -0.327 e. The summed E-state index contributed by atoms with van der Waals surface area (Å²) in [6.45, 7) is 10.1. The fourth-order valence-corrected chi connectivity index (χ4v) is 2.35. The highest BCUT2D eigenvalue weighted by Crippen LogP contribution is 2.29. The zero-order valence-electron chi connectivity index (χ0n) is 16.1. The number of nitrogens with two attached hydrogens (primary N) is 1. The van der Waals surface area contributed by atoms with E-state index < -0.39 is 0 Å². The highest BCUT2D eigenvalue weighted by molar-refractivity contribution is 7.79. The van der Waals surface area contributed by atoms with Crippen LogP contribution in [0, 0.1) is 6.92 Å². The topological polar surface area (TPSA) is 26.0 Å². The van der Waals surface area contributed by atoms with Crippen LogP contribution >= 0.6 is 12.6 Å². The molecule has 0 fully saturated rings. The standard InChI is InChI=1S/C19H23N.C3H6.CH4S/c1-15-8-11-18(12-9-15)19(13-10-16(2)14-20)17-6-4-3-5-7-17;1-3-2;1-2/h3-12,19H,13-14,20H2,1-2H3;3H,1H2,2H3;2H,1H3/b16-10-;;. The van der Waals surface area contributed by atoms with Crippen molar-refractivity contribution in [2.75, 3.05) is 12.8 Å². The third-order valence-electron chi connectivity index (χ3n) is 3.71. The Labute approximate surface area is 160 Å². The van der Waals surface area contributed by atoms with Gasteiger partial charge in [-0.15, -0.1) is 6.58 Å². The molecule has 0 radical (unpaired) electrons. The Morgan fingerprint density at radius 2 is 1.52 bits per heavy atom. The van der Waals surface area contributed by atoms with Crippen molar-refractivity contribution in [2.45, 2.75) is 33.1 Å². The summed E-state index contributed by atoms with van der Waals surface area (Å²) < 4.78 is 0. The van der Waals surface area contributed by atoms with E-state index in [2.05, 4.69) is 93.7 Å². The molecule has 0 saturated heterocycles. The molecule has 0 aromatic heterocycles. The predicted molar refractivity (Wildman–Crippen MR) is 118 cm³/mol. The first-order valence-corrected chi connectivity index (χ1v) is 9.50. The summed E-state index contributed by atoms with van der Waals surface area (Å²) in [5.41, 5.74) is 11.0. The van der Waals surface area contributed by atoms with Crippen LogP contribution in [0.3, 0.4) is 0 Å². The van der Waals surface area contributed by atoms with Gasteiger partial charge < -0.3 is 5.73 Å². The molecule has 0 aliphatic heterocycles. The van der Waals surface area contributed by atoms with Gasteiger partial charge in [-0.1, -0.05) is 77.9 Å². The Balaban J connectivity index is 0.00000104. The van der Waals surface area contributed by atoms with Gasteiger partial charge in [0.15, 0.2) is 0 Å². The monoisotopic (exact) mass is 355 g/mol. The van der Waals surface area contributed by atoms with Gasteiger partial charge in [0.05, 0.1) is 0 Å². The molecule has 2 heteroatoms. The third kappa shape index (κ3) is 9.33. The minimum atomic E-state index is 0.401. The Morgan fingerprint density at radius 3 is 2.00 bits per heavy atom. The molecule has 1 nitrogen and oxygen atoms in total. The van der Waals surface area contributed by atoms with Crippen LogP contribution in [0.5, 0.6) is 0 Å². The summed E-state index contributed by atoms with van der Waals surface area (Å²) in [5.74, 6) is 0.401. The van der Waals surface area contributed by atoms with Gasteiger partial charge in [-0.3, -0.25) is 0 Å². The van der Waals surface area contributed by atoms with Crippen molar-refractivity contribution >= 4 is 12.6 Å². The average Bonchev–Trinajstić information content (AvgIpc) is 2.66. The van der Waals surface area contributed by atoms with Gasteiger partial charge >= 0.3 is 0 Å². The second kappa shape index (κ2) is 14.6. The molecule has 0 saturated carbocycles. The SMILES string of the molecule is C/C(=C/CC(c1ccccc1)c1ccc(C)cc1)CN.C=CC.CS. The lowest BCUT2D eigenvalue weighted by Crippen LogP contribution is -2.03. The first kappa shape index (κ1) is 23.2. The van der Waals surface area contributed by atoms with Crippen molar-refractivity contribution < 1.29 is 0 Å². The number of aryl methyl sites for hydroxylation is 1. The number of hydrogen-bond donors (Lipinski definition) is 2. The van der Waals surface area contributed by atoms with Crippen molar-refractivity contribution in [2.24, 2.45) is 5.73 Å². The Hall–Kier alpha value is -1.77. The summed E-state index contributed by atoms with van der Waals surface area (Å²) in [7, 11) is 0. The fraction of sp³-hybridized carbons (Fsp3) is 0.304. The van der Waals surface area contributed by atoms with E-state index in [-0.39, 0.29) is 0 Å². The van der Waals surface area contributed by atoms with Gasteiger partial charge in [0.1, 0.15) is 0 Å². The number of allylic oxidation sites excluding steroid dienone is 2. The Bertz CT molecular complexity index is 600. The van der Waals surface area contributed by atoms with Crippen molar-refractivity contribution in [1.29, 1.82) is 0 Å². The van der Waals surface area contributed by atoms with Crippen molar-refractivity contribution in [1.82, 2.24) is 0 Å². The van der Waals surface area contributed by atoms with E-state index in [9.17, 15) is 0 Å². The maximum atomic E-state index is 5.69. The molecule has 2 rings (SSSR count). The molecule has 136 valence electrons. The van der Waals surface area contributed by atoms with Crippen LogP contribution in [-0.4, -0.2) is 12.8 Å². The molecule has 0 aliphatic carbocycles. The van der Waals surface area contributed by atoms with E-state index in [1.807, 2.05) is 6.92 Å². The fourth-order valence-electron chi connectivity index (χ4n) is 2.35. The van der Waals surface area contributed by atoms with Gasteiger partial charge in [-0.05, 0) is 44.6 Å². The summed E-state index contributed by atoms with van der Waals surface area (Å²) in [6.07, 6.45) is 6.70. The van der Waals surface area contributed by atoms with E-state index in [4.69, 9.17) is 5.73 Å². The lowest BCUT2D eigenvalue weighted by atomic mass is 9.87. The van der Waals surface area contributed by atoms with Gasteiger partial charge in [0.2, 0.25) is 0 Å². The zero-order chi connectivity index (χ0) is 19.1. The zero-order valence-corrected chi connectivity index (χ0v) is 17.0. The lowest BCUT2D eigenvalue weighted by molar-refractivity contribution is 0.821. The molecule has 0 spiro atoms. The summed E-state index contributed by atoms with van der Waals surface area (Å²) in [5, 5.41) is 0. The number of benzene rings is 2. The number of hydrogen-bond acceptors (Lipinski definition) is 2. The van der Waals surface area contributed by atoms with Crippen LogP contribution in [0.2, 0.25) is 0 Å².